The van der Waals surface area contributed by atoms with Crippen LogP contribution in [0.1, 0.15) is 51.9 Å². The first-order valence-corrected chi connectivity index (χ1v) is 10.8. The molecule has 0 aliphatic rings. The second kappa shape index (κ2) is 10.6. The molecule has 0 aliphatic carbocycles. The Hall–Kier alpha value is -3.19. The molecule has 4 nitrogen and oxygen atoms in total. The van der Waals surface area contributed by atoms with E-state index in [1.165, 1.54) is 12.3 Å². The minimum atomic E-state index is -4.48. The molecule has 2 aromatic carbocycles. The molecular formula is C26H28F3N3O. The minimum Gasteiger partial charge on any atom is -0.358 e. The van der Waals surface area contributed by atoms with Gasteiger partial charge in [-0.1, -0.05) is 54.6 Å². The molecule has 0 saturated heterocycles. The van der Waals surface area contributed by atoms with E-state index in [4.69, 9.17) is 0 Å². The van der Waals surface area contributed by atoms with Crippen LogP contribution in [-0.2, 0) is 11.0 Å². The summed E-state index contributed by atoms with van der Waals surface area (Å²) in [4.78, 5) is 16.1. The van der Waals surface area contributed by atoms with Crippen LogP contribution in [0.3, 0.4) is 0 Å². The van der Waals surface area contributed by atoms with E-state index in [1.54, 1.807) is 7.05 Å². The number of nitrogens with one attached hydrogen (secondary N) is 2. The maximum atomic E-state index is 13.0. The fourth-order valence-corrected chi connectivity index (χ4v) is 3.81. The number of aryl methyl sites for hydroxylation is 2. The Morgan fingerprint density at radius 3 is 2.21 bits per heavy atom. The molecule has 2 N–H and O–H groups in total. The lowest BCUT2D eigenvalue weighted by Crippen LogP contribution is -2.36. The molecular weight excluding hydrogens is 427 g/mol. The number of nitrogens with zero attached hydrogens (tertiary/aromatic N) is 1. The van der Waals surface area contributed by atoms with Crippen molar-refractivity contribution in [2.75, 3.05) is 13.6 Å². The molecule has 0 bridgehead atoms. The van der Waals surface area contributed by atoms with Crippen LogP contribution in [0.15, 0.2) is 66.9 Å². The quantitative estimate of drug-likeness (QED) is 0.484. The van der Waals surface area contributed by atoms with Gasteiger partial charge in [-0.25, -0.2) is 0 Å². The van der Waals surface area contributed by atoms with Crippen molar-refractivity contribution in [1.29, 1.82) is 0 Å². The Balaban J connectivity index is 1.85. The van der Waals surface area contributed by atoms with Crippen LogP contribution < -0.4 is 10.6 Å². The van der Waals surface area contributed by atoms with E-state index < -0.39 is 17.9 Å². The molecule has 0 saturated carbocycles. The minimum absolute atomic E-state index is 0.153. The van der Waals surface area contributed by atoms with Crippen molar-refractivity contribution in [3.05, 3.63) is 100 Å². The van der Waals surface area contributed by atoms with Crippen molar-refractivity contribution < 1.29 is 18.0 Å². The summed E-state index contributed by atoms with van der Waals surface area (Å²) < 4.78 is 39.0. The summed E-state index contributed by atoms with van der Waals surface area (Å²) in [5, 5.41) is 5.99. The van der Waals surface area contributed by atoms with Crippen LogP contribution in [0.25, 0.3) is 0 Å². The number of carbonyl (C=O) groups is 1. The van der Waals surface area contributed by atoms with Crippen molar-refractivity contribution in [3.8, 4) is 0 Å². The maximum absolute atomic E-state index is 13.0. The van der Waals surface area contributed by atoms with Gasteiger partial charge in [-0.05, 0) is 60.7 Å². The summed E-state index contributed by atoms with van der Waals surface area (Å²) in [7, 11) is 1.59. The average molecular weight is 456 g/mol. The van der Waals surface area contributed by atoms with Gasteiger partial charge in [0.25, 0.3) is 0 Å². The number of pyridine rings is 1. The predicted molar refractivity (Wildman–Crippen MR) is 123 cm³/mol. The number of likely N-dealkylation sites (N-methyl/N-ethyl adjacent to an activating group) is 1. The van der Waals surface area contributed by atoms with Crippen molar-refractivity contribution in [2.24, 2.45) is 0 Å². The van der Waals surface area contributed by atoms with Crippen molar-refractivity contribution in [1.82, 2.24) is 15.6 Å². The van der Waals surface area contributed by atoms with Gasteiger partial charge in [-0.3, -0.25) is 9.78 Å². The van der Waals surface area contributed by atoms with Gasteiger partial charge in [0.2, 0.25) is 5.91 Å². The molecule has 0 unspecified atom stereocenters. The van der Waals surface area contributed by atoms with E-state index in [1.807, 2.05) is 56.3 Å². The maximum Gasteiger partial charge on any atom is 0.433 e. The number of benzene rings is 2. The van der Waals surface area contributed by atoms with Crippen molar-refractivity contribution >= 4 is 5.91 Å². The van der Waals surface area contributed by atoms with Gasteiger partial charge < -0.3 is 10.6 Å². The topological polar surface area (TPSA) is 54.0 Å². The van der Waals surface area contributed by atoms with E-state index in [9.17, 15) is 18.0 Å². The third-order valence-electron chi connectivity index (χ3n) is 5.84. The van der Waals surface area contributed by atoms with Gasteiger partial charge in [0, 0.05) is 19.2 Å². The Bertz CT molecular complexity index is 1070. The largest absolute Gasteiger partial charge is 0.433 e. The van der Waals surface area contributed by atoms with Crippen LogP contribution in [0.5, 0.6) is 0 Å². The lowest BCUT2D eigenvalue weighted by molar-refractivity contribution is -0.141. The zero-order valence-electron chi connectivity index (χ0n) is 18.9. The number of carbonyl (C=O) groups excluding carboxylic acids is 1. The van der Waals surface area contributed by atoms with Gasteiger partial charge >= 0.3 is 6.18 Å². The van der Waals surface area contributed by atoms with E-state index in [-0.39, 0.29) is 11.8 Å². The molecule has 3 rings (SSSR count). The highest BCUT2D eigenvalue weighted by atomic mass is 19.4. The normalized spacial score (nSPS) is 13.4. The van der Waals surface area contributed by atoms with E-state index in [2.05, 4.69) is 21.7 Å². The highest BCUT2D eigenvalue weighted by Gasteiger charge is 2.32. The Morgan fingerprint density at radius 2 is 1.64 bits per heavy atom. The van der Waals surface area contributed by atoms with Gasteiger partial charge in [0.1, 0.15) is 11.7 Å². The molecule has 174 valence electrons. The molecule has 1 amide bonds. The standard InChI is InChI=1S/C26H28F3N3O/c1-17-9-10-20(15-18(17)2)22(21-11-12-23(32-16-21)26(27,28)29)13-14-31-24(25(33)30-3)19-7-5-4-6-8-19/h4-12,15-16,22,24,31H,13-14H2,1-3H3,(H,30,33)/t22-,24+/m0/s1. The van der Waals surface area contributed by atoms with Gasteiger partial charge in [0.05, 0.1) is 0 Å². The van der Waals surface area contributed by atoms with Gasteiger partial charge in [-0.15, -0.1) is 0 Å². The monoisotopic (exact) mass is 455 g/mol. The van der Waals surface area contributed by atoms with Gasteiger partial charge in [-0.2, -0.15) is 13.2 Å². The zero-order chi connectivity index (χ0) is 24.0. The first kappa shape index (κ1) is 24.5. The molecule has 2 atom stereocenters. The fraction of sp³-hybridized carbons (Fsp3) is 0.308. The molecule has 0 radical (unpaired) electrons. The van der Waals surface area contributed by atoms with Crippen molar-refractivity contribution in [2.45, 2.75) is 38.4 Å². The summed E-state index contributed by atoms with van der Waals surface area (Å²) in [5.41, 5.74) is 3.88. The summed E-state index contributed by atoms with van der Waals surface area (Å²) in [6.07, 6.45) is -2.60. The zero-order valence-corrected chi connectivity index (χ0v) is 18.9. The Morgan fingerprint density at radius 1 is 0.939 bits per heavy atom. The third-order valence-corrected chi connectivity index (χ3v) is 5.84. The fourth-order valence-electron chi connectivity index (χ4n) is 3.81. The SMILES string of the molecule is CNC(=O)[C@H](NCC[C@H](c1ccc(C(F)(F)F)nc1)c1ccc(C)c(C)c1)c1ccccc1. The highest BCUT2D eigenvalue weighted by Crippen LogP contribution is 2.32. The summed E-state index contributed by atoms with van der Waals surface area (Å²) in [6.45, 7) is 4.50. The molecule has 3 aromatic rings. The van der Waals surface area contributed by atoms with Crippen LogP contribution in [-0.4, -0.2) is 24.5 Å². The van der Waals surface area contributed by atoms with Crippen LogP contribution in [0.4, 0.5) is 13.2 Å². The average Bonchev–Trinajstić information content (AvgIpc) is 2.81. The first-order chi connectivity index (χ1) is 15.7. The third kappa shape index (κ3) is 6.20. The second-order valence-electron chi connectivity index (χ2n) is 8.07. The highest BCUT2D eigenvalue weighted by molar-refractivity contribution is 5.82. The summed E-state index contributed by atoms with van der Waals surface area (Å²) in [6, 6.07) is 17.5. The number of halogens is 3. The number of rotatable bonds is 8. The molecule has 33 heavy (non-hydrogen) atoms. The molecule has 1 aromatic heterocycles. The first-order valence-electron chi connectivity index (χ1n) is 10.8. The lowest BCUT2D eigenvalue weighted by Gasteiger charge is -2.22. The molecule has 0 aliphatic heterocycles. The van der Waals surface area contributed by atoms with Crippen LogP contribution in [0.2, 0.25) is 0 Å². The Kier molecular flexibility index (Phi) is 7.87. The number of amides is 1. The van der Waals surface area contributed by atoms with E-state index >= 15 is 0 Å². The lowest BCUT2D eigenvalue weighted by atomic mass is 9.87. The van der Waals surface area contributed by atoms with Crippen molar-refractivity contribution in [3.63, 3.8) is 0 Å². The van der Waals surface area contributed by atoms with Gasteiger partial charge in [0.15, 0.2) is 0 Å². The van der Waals surface area contributed by atoms with Crippen LogP contribution >= 0.6 is 0 Å². The number of alkyl halides is 3. The number of hydrogen-bond donors (Lipinski definition) is 2. The Labute approximate surface area is 192 Å². The van der Waals surface area contributed by atoms with Crippen LogP contribution in [0, 0.1) is 13.8 Å². The molecule has 0 spiro atoms. The summed E-state index contributed by atoms with van der Waals surface area (Å²) >= 11 is 0. The predicted octanol–water partition coefficient (Wildman–Crippen LogP) is 5.32. The van der Waals surface area contributed by atoms with E-state index in [0.717, 1.165) is 28.3 Å². The summed E-state index contributed by atoms with van der Waals surface area (Å²) in [5.74, 6) is -0.326. The number of aromatic nitrogens is 1. The smallest absolute Gasteiger partial charge is 0.358 e. The molecule has 0 fully saturated rings. The second-order valence-corrected chi connectivity index (χ2v) is 8.07. The molecule has 1 heterocycles. The number of hydrogen-bond acceptors (Lipinski definition) is 3. The molecule has 7 heteroatoms. The van der Waals surface area contributed by atoms with E-state index in [0.29, 0.717) is 18.5 Å².